The molecule has 3 nitrogen and oxygen atoms in total. The Morgan fingerprint density at radius 3 is 2.41 bits per heavy atom. The van der Waals surface area contributed by atoms with E-state index in [0.29, 0.717) is 36.0 Å². The Hall–Kier alpha value is -1.04. The topological polar surface area (TPSA) is 42.0 Å². The minimum Gasteiger partial charge on any atom is -0.298 e. The van der Waals surface area contributed by atoms with Crippen LogP contribution in [0.3, 0.4) is 0 Å². The number of nitrogens with one attached hydrogen (secondary N) is 1. The zero-order valence-electron chi connectivity index (χ0n) is 10.7. The van der Waals surface area contributed by atoms with Gasteiger partial charge < -0.3 is 0 Å². The summed E-state index contributed by atoms with van der Waals surface area (Å²) in [5, 5.41) is 4.80. The molecule has 0 saturated carbocycles. The van der Waals surface area contributed by atoms with Crippen molar-refractivity contribution in [2.45, 2.75) is 0 Å². The number of anilines is 1. The highest BCUT2D eigenvalue weighted by molar-refractivity contribution is 7.23. The fourth-order valence-corrected chi connectivity index (χ4v) is 3.75. The molecular formula is C14H6Cl4N2OS. The van der Waals surface area contributed by atoms with E-state index in [2.05, 4.69) is 10.3 Å². The summed E-state index contributed by atoms with van der Waals surface area (Å²) >= 11 is 25.2. The van der Waals surface area contributed by atoms with Crippen LogP contribution in [0.25, 0.3) is 10.2 Å². The molecule has 112 valence electrons. The lowest BCUT2D eigenvalue weighted by molar-refractivity contribution is 0.102. The summed E-state index contributed by atoms with van der Waals surface area (Å²) < 4.78 is 0.715. The number of nitrogens with zero attached hydrogens (tertiary/aromatic N) is 1. The van der Waals surface area contributed by atoms with Crippen molar-refractivity contribution in [1.29, 1.82) is 0 Å². The van der Waals surface area contributed by atoms with Gasteiger partial charge in [0.25, 0.3) is 5.91 Å². The molecule has 1 N–H and O–H groups in total. The predicted molar refractivity (Wildman–Crippen MR) is 94.1 cm³/mol. The average molecular weight is 392 g/mol. The SMILES string of the molecule is O=C(Nc1nc2c(Cl)ccc(Cl)c2s1)c1ccc(Cl)cc1Cl. The van der Waals surface area contributed by atoms with Crippen LogP contribution in [0.1, 0.15) is 10.4 Å². The molecular weight excluding hydrogens is 386 g/mol. The van der Waals surface area contributed by atoms with Crippen LogP contribution >= 0.6 is 57.7 Å². The minimum atomic E-state index is -0.382. The second kappa shape index (κ2) is 6.22. The highest BCUT2D eigenvalue weighted by Crippen LogP contribution is 2.36. The quantitative estimate of drug-likeness (QED) is 0.568. The number of hydrogen-bond acceptors (Lipinski definition) is 3. The van der Waals surface area contributed by atoms with Crippen molar-refractivity contribution < 1.29 is 4.79 Å². The van der Waals surface area contributed by atoms with E-state index in [1.54, 1.807) is 24.3 Å². The van der Waals surface area contributed by atoms with E-state index in [1.807, 2.05) is 0 Å². The lowest BCUT2D eigenvalue weighted by atomic mass is 10.2. The van der Waals surface area contributed by atoms with Gasteiger partial charge in [0.2, 0.25) is 0 Å². The maximum Gasteiger partial charge on any atom is 0.258 e. The van der Waals surface area contributed by atoms with E-state index in [-0.39, 0.29) is 10.9 Å². The summed E-state index contributed by atoms with van der Waals surface area (Å²) in [7, 11) is 0. The predicted octanol–water partition coefficient (Wildman–Crippen LogP) is 6.16. The van der Waals surface area contributed by atoms with Gasteiger partial charge in [-0.3, -0.25) is 10.1 Å². The molecule has 0 aliphatic carbocycles. The Labute approximate surface area is 149 Å². The molecule has 3 aromatic rings. The first-order valence-corrected chi connectivity index (χ1v) is 8.29. The number of rotatable bonds is 2. The van der Waals surface area contributed by atoms with Crippen LogP contribution in [0.4, 0.5) is 5.13 Å². The first-order chi connectivity index (χ1) is 10.5. The Morgan fingerprint density at radius 2 is 1.73 bits per heavy atom. The fraction of sp³-hybridized carbons (Fsp3) is 0. The fourth-order valence-electron chi connectivity index (χ4n) is 1.84. The maximum atomic E-state index is 12.3. The van der Waals surface area contributed by atoms with Gasteiger partial charge in [0.05, 0.1) is 25.3 Å². The molecule has 1 aromatic heterocycles. The molecule has 0 bridgehead atoms. The van der Waals surface area contributed by atoms with Crippen LogP contribution < -0.4 is 5.32 Å². The summed E-state index contributed by atoms with van der Waals surface area (Å²) in [5.41, 5.74) is 0.860. The van der Waals surface area contributed by atoms with E-state index < -0.39 is 0 Å². The lowest BCUT2D eigenvalue weighted by Crippen LogP contribution is -2.12. The molecule has 1 heterocycles. The lowest BCUT2D eigenvalue weighted by Gasteiger charge is -2.04. The Kier molecular flexibility index (Phi) is 4.48. The molecule has 1 amide bonds. The Morgan fingerprint density at radius 1 is 1.00 bits per heavy atom. The largest absolute Gasteiger partial charge is 0.298 e. The Balaban J connectivity index is 1.94. The van der Waals surface area contributed by atoms with E-state index in [0.717, 1.165) is 0 Å². The number of halogens is 4. The molecule has 0 spiro atoms. The number of aromatic nitrogens is 1. The summed E-state index contributed by atoms with van der Waals surface area (Å²) in [6, 6.07) is 7.99. The third kappa shape index (κ3) is 3.03. The van der Waals surface area contributed by atoms with Gasteiger partial charge in [-0.2, -0.15) is 0 Å². The van der Waals surface area contributed by atoms with E-state index in [9.17, 15) is 4.79 Å². The van der Waals surface area contributed by atoms with Crippen molar-refractivity contribution in [3.05, 3.63) is 56.0 Å². The summed E-state index contributed by atoms with van der Waals surface area (Å²) in [6.45, 7) is 0. The van der Waals surface area contributed by atoms with Crippen LogP contribution in [0, 0.1) is 0 Å². The maximum absolute atomic E-state index is 12.3. The van der Waals surface area contributed by atoms with E-state index in [4.69, 9.17) is 46.4 Å². The number of amides is 1. The van der Waals surface area contributed by atoms with Gasteiger partial charge in [0, 0.05) is 5.02 Å². The van der Waals surface area contributed by atoms with E-state index >= 15 is 0 Å². The molecule has 0 aliphatic rings. The third-order valence-electron chi connectivity index (χ3n) is 2.84. The number of fused-ring (bicyclic) bond motifs is 1. The zero-order valence-corrected chi connectivity index (χ0v) is 14.5. The van der Waals surface area contributed by atoms with Crippen LogP contribution in [0.2, 0.25) is 20.1 Å². The molecule has 0 radical (unpaired) electrons. The smallest absolute Gasteiger partial charge is 0.258 e. The van der Waals surface area contributed by atoms with Crippen molar-refractivity contribution in [1.82, 2.24) is 4.98 Å². The Bertz CT molecular complexity index is 855. The third-order valence-corrected chi connectivity index (χ3v) is 5.13. The summed E-state index contributed by atoms with van der Waals surface area (Å²) in [5.74, 6) is -0.382. The van der Waals surface area contributed by atoms with Gasteiger partial charge in [-0.1, -0.05) is 57.7 Å². The molecule has 0 fully saturated rings. The first-order valence-electron chi connectivity index (χ1n) is 5.96. The standard InChI is InChI=1S/C14H6Cl4N2OS/c15-6-1-2-7(10(18)5-6)13(21)20-14-19-11-8(16)3-4-9(17)12(11)22-14/h1-5H,(H,19,20,21). The molecule has 0 unspecified atom stereocenters. The van der Waals surface area contributed by atoms with Crippen molar-refractivity contribution in [3.8, 4) is 0 Å². The molecule has 22 heavy (non-hydrogen) atoms. The van der Waals surface area contributed by atoms with E-state index in [1.165, 1.54) is 17.4 Å². The molecule has 2 aromatic carbocycles. The van der Waals surface area contributed by atoms with Crippen LogP contribution in [0.15, 0.2) is 30.3 Å². The van der Waals surface area contributed by atoms with Crippen molar-refractivity contribution >= 4 is 79.0 Å². The van der Waals surface area contributed by atoms with Gasteiger partial charge >= 0.3 is 0 Å². The monoisotopic (exact) mass is 390 g/mol. The number of carbonyl (C=O) groups excluding carboxylic acids is 1. The highest BCUT2D eigenvalue weighted by atomic mass is 35.5. The van der Waals surface area contributed by atoms with Crippen LogP contribution in [-0.2, 0) is 0 Å². The molecule has 0 atom stereocenters. The van der Waals surface area contributed by atoms with Gasteiger partial charge in [-0.05, 0) is 30.3 Å². The van der Waals surface area contributed by atoms with Crippen molar-refractivity contribution in [2.24, 2.45) is 0 Å². The molecule has 0 saturated heterocycles. The zero-order chi connectivity index (χ0) is 15.9. The minimum absolute atomic E-state index is 0.266. The number of benzene rings is 2. The average Bonchev–Trinajstić information content (AvgIpc) is 2.88. The normalized spacial score (nSPS) is 10.9. The molecule has 0 aliphatic heterocycles. The number of thiazole rings is 1. The van der Waals surface area contributed by atoms with Crippen molar-refractivity contribution in [3.63, 3.8) is 0 Å². The van der Waals surface area contributed by atoms with Crippen LogP contribution in [-0.4, -0.2) is 10.9 Å². The summed E-state index contributed by atoms with van der Waals surface area (Å²) in [6.07, 6.45) is 0. The second-order valence-corrected chi connectivity index (χ2v) is 6.96. The number of carbonyl (C=O) groups is 1. The van der Waals surface area contributed by atoms with Gasteiger partial charge in [0.1, 0.15) is 5.52 Å². The summed E-state index contributed by atoms with van der Waals surface area (Å²) in [4.78, 5) is 16.5. The highest BCUT2D eigenvalue weighted by Gasteiger charge is 2.15. The van der Waals surface area contributed by atoms with Crippen molar-refractivity contribution in [2.75, 3.05) is 5.32 Å². The van der Waals surface area contributed by atoms with Gasteiger partial charge in [-0.15, -0.1) is 0 Å². The number of hydrogen-bond donors (Lipinski definition) is 1. The molecule has 3 rings (SSSR count). The second-order valence-electron chi connectivity index (χ2n) is 4.30. The van der Waals surface area contributed by atoms with Gasteiger partial charge in [-0.25, -0.2) is 4.98 Å². The molecule has 8 heteroatoms. The van der Waals surface area contributed by atoms with Gasteiger partial charge in [0.15, 0.2) is 5.13 Å². The first kappa shape index (κ1) is 15.8. The van der Waals surface area contributed by atoms with Crippen LogP contribution in [0.5, 0.6) is 0 Å².